The molecule has 0 atom stereocenters. The zero-order chi connectivity index (χ0) is 10.9. The molecule has 0 aromatic carbocycles. The molecule has 1 aliphatic heterocycles. The molecule has 0 saturated carbocycles. The van der Waals surface area contributed by atoms with Crippen LogP contribution in [0.1, 0.15) is 6.42 Å². The maximum absolute atomic E-state index is 10.6. The highest BCUT2D eigenvalue weighted by molar-refractivity contribution is 5.94. The summed E-state index contributed by atoms with van der Waals surface area (Å²) in [4.78, 5) is 21.2. The highest BCUT2D eigenvalue weighted by atomic mass is 16.4. The number of carboxylic acids is 2. The second-order valence-corrected chi connectivity index (χ2v) is 2.70. The number of hydrogen-bond acceptors (Lipinski definition) is 5. The van der Waals surface area contributed by atoms with Crippen LogP contribution in [-0.4, -0.2) is 22.2 Å². The molecule has 0 saturated heterocycles. The summed E-state index contributed by atoms with van der Waals surface area (Å²) in [6, 6.07) is 0. The fourth-order valence-electron chi connectivity index (χ4n) is 1.04. The fraction of sp³-hybridized carbons (Fsp3) is 0.143. The minimum atomic E-state index is -1.26. The zero-order valence-corrected chi connectivity index (χ0v) is 7.07. The maximum Gasteiger partial charge on any atom is 0.335 e. The highest BCUT2D eigenvalue weighted by Crippen LogP contribution is 2.18. The Morgan fingerprint density at radius 1 is 1.07 bits per heavy atom. The molecule has 14 heavy (non-hydrogen) atoms. The quantitative estimate of drug-likeness (QED) is 0.364. The molecule has 0 aromatic heterocycles. The van der Waals surface area contributed by atoms with E-state index in [0.29, 0.717) is 0 Å². The van der Waals surface area contributed by atoms with Crippen molar-refractivity contribution in [1.29, 1.82) is 0 Å². The van der Waals surface area contributed by atoms with Crippen LogP contribution in [0.4, 0.5) is 0 Å². The lowest BCUT2D eigenvalue weighted by Crippen LogP contribution is -2.34. The van der Waals surface area contributed by atoms with E-state index in [2.05, 4.69) is 5.32 Å². The van der Waals surface area contributed by atoms with Crippen molar-refractivity contribution in [2.24, 2.45) is 11.5 Å². The first-order chi connectivity index (χ1) is 6.43. The van der Waals surface area contributed by atoms with Crippen molar-refractivity contribution in [2.45, 2.75) is 6.42 Å². The van der Waals surface area contributed by atoms with E-state index in [1.54, 1.807) is 0 Å². The van der Waals surface area contributed by atoms with Crippen LogP contribution in [0, 0.1) is 0 Å². The van der Waals surface area contributed by atoms with Crippen molar-refractivity contribution in [1.82, 2.24) is 5.32 Å². The van der Waals surface area contributed by atoms with Gasteiger partial charge in [0.2, 0.25) is 0 Å². The number of hydrogen-bond donors (Lipinski definition) is 5. The Hall–Kier alpha value is -2.18. The SMILES string of the molecule is NC1=C(C(=O)O)CC(C(=O)O)=C(N)N1. The van der Waals surface area contributed by atoms with Crippen LogP contribution >= 0.6 is 0 Å². The Morgan fingerprint density at radius 3 is 1.71 bits per heavy atom. The lowest BCUT2D eigenvalue weighted by atomic mass is 10.0. The standard InChI is InChI=1S/C7H9N3O4/c8-4-2(6(11)12)1-3(7(13)14)5(9)10-4/h10H,1,8-9H2,(H,11,12)(H,13,14). The third kappa shape index (κ3) is 1.60. The Labute approximate surface area is 78.7 Å². The van der Waals surface area contributed by atoms with Crippen molar-refractivity contribution in [3.05, 3.63) is 22.8 Å². The number of rotatable bonds is 2. The number of nitrogens with two attached hydrogens (primary N) is 2. The second kappa shape index (κ2) is 3.29. The van der Waals surface area contributed by atoms with Crippen LogP contribution in [0.5, 0.6) is 0 Å². The van der Waals surface area contributed by atoms with Gasteiger partial charge in [-0.2, -0.15) is 0 Å². The van der Waals surface area contributed by atoms with Crippen LogP contribution in [0.25, 0.3) is 0 Å². The first-order valence-corrected chi connectivity index (χ1v) is 3.64. The van der Waals surface area contributed by atoms with E-state index < -0.39 is 11.9 Å². The van der Waals surface area contributed by atoms with Gasteiger partial charge in [-0.1, -0.05) is 0 Å². The fourth-order valence-corrected chi connectivity index (χ4v) is 1.04. The van der Waals surface area contributed by atoms with E-state index in [9.17, 15) is 9.59 Å². The summed E-state index contributed by atoms with van der Waals surface area (Å²) in [5.74, 6) is -2.78. The van der Waals surface area contributed by atoms with E-state index in [0.717, 1.165) is 0 Å². The van der Waals surface area contributed by atoms with Crippen LogP contribution in [0.15, 0.2) is 22.8 Å². The molecule has 0 aliphatic carbocycles. The monoisotopic (exact) mass is 199 g/mol. The first-order valence-electron chi connectivity index (χ1n) is 3.64. The summed E-state index contributed by atoms with van der Waals surface area (Å²) in [5.41, 5.74) is 10.2. The highest BCUT2D eigenvalue weighted by Gasteiger charge is 2.25. The number of aliphatic carboxylic acids is 2. The number of dihydropyridines is 1. The van der Waals surface area contributed by atoms with E-state index in [-0.39, 0.29) is 29.2 Å². The van der Waals surface area contributed by atoms with Crippen LogP contribution < -0.4 is 16.8 Å². The molecular formula is C7H9N3O4. The number of carboxylic acid groups (broad SMARTS) is 2. The normalized spacial score (nSPS) is 16.6. The number of carbonyl (C=O) groups is 2. The second-order valence-electron chi connectivity index (χ2n) is 2.70. The molecule has 1 heterocycles. The van der Waals surface area contributed by atoms with E-state index in [4.69, 9.17) is 21.7 Å². The Morgan fingerprint density at radius 2 is 1.43 bits per heavy atom. The first kappa shape index (κ1) is 9.90. The maximum atomic E-state index is 10.6. The predicted molar refractivity (Wildman–Crippen MR) is 45.5 cm³/mol. The smallest absolute Gasteiger partial charge is 0.335 e. The van der Waals surface area contributed by atoms with Gasteiger partial charge in [0.15, 0.2) is 0 Å². The third-order valence-electron chi connectivity index (χ3n) is 1.79. The molecular weight excluding hydrogens is 190 g/mol. The van der Waals surface area contributed by atoms with Crippen molar-refractivity contribution in [2.75, 3.05) is 0 Å². The van der Waals surface area contributed by atoms with Gasteiger partial charge < -0.3 is 27.0 Å². The Bertz CT molecular complexity index is 335. The summed E-state index contributed by atoms with van der Waals surface area (Å²) in [6.45, 7) is 0. The summed E-state index contributed by atoms with van der Waals surface area (Å²) in [7, 11) is 0. The molecule has 0 radical (unpaired) electrons. The van der Waals surface area contributed by atoms with Gasteiger partial charge in [0, 0.05) is 6.42 Å². The topological polar surface area (TPSA) is 139 Å². The Balaban J connectivity index is 3.03. The van der Waals surface area contributed by atoms with Crippen molar-refractivity contribution < 1.29 is 19.8 Å². The molecule has 1 rings (SSSR count). The molecule has 7 nitrogen and oxygen atoms in total. The Kier molecular flexibility index (Phi) is 2.32. The molecule has 0 fully saturated rings. The molecule has 0 bridgehead atoms. The van der Waals surface area contributed by atoms with Gasteiger partial charge in [0.05, 0.1) is 11.1 Å². The third-order valence-corrected chi connectivity index (χ3v) is 1.79. The van der Waals surface area contributed by atoms with Crippen LogP contribution in [0.2, 0.25) is 0 Å². The minimum absolute atomic E-state index is 0.125. The molecule has 7 heteroatoms. The summed E-state index contributed by atoms with van der Waals surface area (Å²) >= 11 is 0. The molecule has 1 aliphatic rings. The molecule has 0 unspecified atom stereocenters. The van der Waals surface area contributed by atoms with Gasteiger partial charge in [-0.3, -0.25) is 0 Å². The molecule has 0 spiro atoms. The zero-order valence-electron chi connectivity index (χ0n) is 7.07. The van der Waals surface area contributed by atoms with Crippen LogP contribution in [-0.2, 0) is 9.59 Å². The van der Waals surface area contributed by atoms with Crippen molar-refractivity contribution in [3.63, 3.8) is 0 Å². The molecule has 0 aromatic rings. The average molecular weight is 199 g/mol. The van der Waals surface area contributed by atoms with Gasteiger partial charge in [0.1, 0.15) is 11.6 Å². The van der Waals surface area contributed by atoms with Crippen molar-refractivity contribution in [3.8, 4) is 0 Å². The van der Waals surface area contributed by atoms with Gasteiger partial charge >= 0.3 is 11.9 Å². The van der Waals surface area contributed by atoms with E-state index in [1.165, 1.54) is 0 Å². The molecule has 0 amide bonds. The van der Waals surface area contributed by atoms with Gasteiger partial charge in [-0.15, -0.1) is 0 Å². The van der Waals surface area contributed by atoms with E-state index >= 15 is 0 Å². The van der Waals surface area contributed by atoms with Crippen molar-refractivity contribution >= 4 is 11.9 Å². The predicted octanol–water partition coefficient (Wildman–Crippen LogP) is -1.51. The number of nitrogens with one attached hydrogen (secondary N) is 1. The van der Waals surface area contributed by atoms with Gasteiger partial charge in [-0.05, 0) is 0 Å². The van der Waals surface area contributed by atoms with E-state index in [1.807, 2.05) is 0 Å². The average Bonchev–Trinajstić information content (AvgIpc) is 2.02. The lowest BCUT2D eigenvalue weighted by molar-refractivity contribution is -0.133. The summed E-state index contributed by atoms with van der Waals surface area (Å²) < 4.78 is 0. The van der Waals surface area contributed by atoms with Gasteiger partial charge in [0.25, 0.3) is 0 Å². The largest absolute Gasteiger partial charge is 0.478 e. The van der Waals surface area contributed by atoms with Gasteiger partial charge in [-0.25, -0.2) is 9.59 Å². The lowest BCUT2D eigenvalue weighted by Gasteiger charge is -2.18. The summed E-state index contributed by atoms with van der Waals surface area (Å²) in [5, 5.41) is 19.6. The van der Waals surface area contributed by atoms with Crippen LogP contribution in [0.3, 0.4) is 0 Å². The minimum Gasteiger partial charge on any atom is -0.478 e. The molecule has 76 valence electrons. The summed E-state index contributed by atoms with van der Waals surface area (Å²) in [6.07, 6.45) is -0.282. The molecule has 7 N–H and O–H groups in total.